The molecular formula is C15H11BrFN3O2. The molecular weight excluding hydrogens is 353 g/mol. The predicted octanol–water partition coefficient (Wildman–Crippen LogP) is 3.99. The van der Waals surface area contributed by atoms with E-state index in [9.17, 15) is 9.18 Å². The third-order valence-corrected chi connectivity index (χ3v) is 3.66. The molecule has 22 heavy (non-hydrogen) atoms. The Kier molecular flexibility index (Phi) is 3.66. The maximum Gasteiger partial charge on any atom is 0.258 e. The van der Waals surface area contributed by atoms with E-state index in [1.165, 1.54) is 12.1 Å². The number of carbonyl (C=O) groups excluding carboxylic acids is 1. The van der Waals surface area contributed by atoms with Crippen molar-refractivity contribution in [2.75, 3.05) is 5.32 Å². The van der Waals surface area contributed by atoms with Gasteiger partial charge in [-0.15, -0.1) is 0 Å². The Morgan fingerprint density at radius 1 is 1.32 bits per heavy atom. The average molecular weight is 364 g/mol. The smallest absolute Gasteiger partial charge is 0.258 e. The first-order valence-corrected chi connectivity index (χ1v) is 7.25. The highest BCUT2D eigenvalue weighted by molar-refractivity contribution is 9.10. The predicted molar refractivity (Wildman–Crippen MR) is 83.3 cm³/mol. The summed E-state index contributed by atoms with van der Waals surface area (Å²) in [6.45, 7) is 3.47. The van der Waals surface area contributed by atoms with Crippen LogP contribution in [0.15, 0.2) is 33.3 Å². The molecule has 2 aromatic heterocycles. The van der Waals surface area contributed by atoms with Crippen molar-refractivity contribution in [2.24, 2.45) is 0 Å². The number of aryl methyl sites for hydroxylation is 2. The highest BCUT2D eigenvalue weighted by Crippen LogP contribution is 2.24. The van der Waals surface area contributed by atoms with E-state index in [1.54, 1.807) is 26.0 Å². The van der Waals surface area contributed by atoms with Crippen molar-refractivity contribution in [3.63, 3.8) is 0 Å². The Bertz CT molecular complexity index is 892. The summed E-state index contributed by atoms with van der Waals surface area (Å²) < 4.78 is 19.5. The van der Waals surface area contributed by atoms with Crippen LogP contribution in [0.5, 0.6) is 0 Å². The number of pyridine rings is 1. The molecule has 7 heteroatoms. The highest BCUT2D eigenvalue weighted by Gasteiger charge is 2.18. The molecule has 5 nitrogen and oxygen atoms in total. The van der Waals surface area contributed by atoms with Crippen molar-refractivity contribution in [3.05, 3.63) is 51.5 Å². The molecule has 0 unspecified atom stereocenters. The quantitative estimate of drug-likeness (QED) is 0.747. The fourth-order valence-corrected chi connectivity index (χ4v) is 2.51. The molecule has 0 aliphatic carbocycles. The summed E-state index contributed by atoms with van der Waals surface area (Å²) in [7, 11) is 0. The Hall–Kier alpha value is -2.28. The minimum atomic E-state index is -0.521. The standard InChI is InChI=1S/C15H11BrFN3O2/c1-7-5-10(13-8(2)20-22-15(13)18-7)14(21)19-12-4-3-9(16)6-11(12)17/h3-6H,1-2H3,(H,19,21). The van der Waals surface area contributed by atoms with Gasteiger partial charge in [0, 0.05) is 10.2 Å². The number of hydrogen-bond donors (Lipinski definition) is 1. The minimum absolute atomic E-state index is 0.102. The van der Waals surface area contributed by atoms with Gasteiger partial charge in [-0.1, -0.05) is 21.1 Å². The molecule has 112 valence electrons. The monoisotopic (exact) mass is 363 g/mol. The molecule has 0 radical (unpaired) electrons. The van der Waals surface area contributed by atoms with Gasteiger partial charge in [-0.2, -0.15) is 0 Å². The molecule has 0 aliphatic heterocycles. The third kappa shape index (κ3) is 2.59. The van der Waals surface area contributed by atoms with E-state index >= 15 is 0 Å². The van der Waals surface area contributed by atoms with Gasteiger partial charge < -0.3 is 9.84 Å². The van der Waals surface area contributed by atoms with Gasteiger partial charge in [0.1, 0.15) is 5.82 Å². The first kappa shape index (κ1) is 14.6. The van der Waals surface area contributed by atoms with Crippen LogP contribution >= 0.6 is 15.9 Å². The van der Waals surface area contributed by atoms with Crippen molar-refractivity contribution in [2.45, 2.75) is 13.8 Å². The van der Waals surface area contributed by atoms with Gasteiger partial charge >= 0.3 is 0 Å². The van der Waals surface area contributed by atoms with Crippen LogP contribution in [0.2, 0.25) is 0 Å². The number of fused-ring (bicyclic) bond motifs is 1. The third-order valence-electron chi connectivity index (χ3n) is 3.17. The van der Waals surface area contributed by atoms with Gasteiger partial charge in [-0.25, -0.2) is 9.37 Å². The summed E-state index contributed by atoms with van der Waals surface area (Å²) in [5.41, 5.74) is 1.92. The van der Waals surface area contributed by atoms with Crippen LogP contribution in [0.1, 0.15) is 21.7 Å². The first-order chi connectivity index (χ1) is 10.5. The zero-order valence-corrected chi connectivity index (χ0v) is 13.4. The van der Waals surface area contributed by atoms with Gasteiger partial charge in [-0.3, -0.25) is 4.79 Å². The van der Waals surface area contributed by atoms with Crippen molar-refractivity contribution in [1.82, 2.24) is 10.1 Å². The number of nitrogens with one attached hydrogen (secondary N) is 1. The number of halogens is 2. The van der Waals surface area contributed by atoms with Gasteiger partial charge in [0.25, 0.3) is 11.6 Å². The largest absolute Gasteiger partial charge is 0.336 e. The van der Waals surface area contributed by atoms with Gasteiger partial charge in [0.15, 0.2) is 0 Å². The Balaban J connectivity index is 2.03. The number of rotatable bonds is 2. The van der Waals surface area contributed by atoms with E-state index in [0.717, 1.165) is 0 Å². The molecule has 3 rings (SSSR count). The lowest BCUT2D eigenvalue weighted by Gasteiger charge is -2.08. The molecule has 3 aromatic rings. The summed E-state index contributed by atoms with van der Waals surface area (Å²) in [5.74, 6) is -0.963. The Morgan fingerprint density at radius 3 is 2.82 bits per heavy atom. The van der Waals surface area contributed by atoms with E-state index in [0.29, 0.717) is 32.5 Å². The number of anilines is 1. The van der Waals surface area contributed by atoms with Crippen LogP contribution < -0.4 is 5.32 Å². The van der Waals surface area contributed by atoms with Crippen molar-refractivity contribution >= 4 is 38.6 Å². The number of hydrogen-bond acceptors (Lipinski definition) is 4. The lowest BCUT2D eigenvalue weighted by molar-refractivity contribution is 0.102. The van der Waals surface area contributed by atoms with Crippen LogP contribution in [0.25, 0.3) is 11.1 Å². The van der Waals surface area contributed by atoms with E-state index < -0.39 is 11.7 Å². The molecule has 1 N–H and O–H groups in total. The van der Waals surface area contributed by atoms with Gasteiger partial charge in [0.2, 0.25) is 0 Å². The second-order valence-electron chi connectivity index (χ2n) is 4.84. The van der Waals surface area contributed by atoms with Crippen LogP contribution in [0.4, 0.5) is 10.1 Å². The number of benzene rings is 1. The molecule has 0 atom stereocenters. The topological polar surface area (TPSA) is 68.0 Å². The second-order valence-corrected chi connectivity index (χ2v) is 5.75. The summed E-state index contributed by atoms with van der Waals surface area (Å²) in [6, 6.07) is 6.05. The van der Waals surface area contributed by atoms with Crippen molar-refractivity contribution in [3.8, 4) is 0 Å². The average Bonchev–Trinajstić information content (AvgIpc) is 2.82. The fourth-order valence-electron chi connectivity index (χ4n) is 2.18. The Morgan fingerprint density at radius 2 is 2.09 bits per heavy atom. The molecule has 0 saturated heterocycles. The fraction of sp³-hybridized carbons (Fsp3) is 0.133. The van der Waals surface area contributed by atoms with Gasteiger partial charge in [0.05, 0.1) is 22.3 Å². The zero-order valence-electron chi connectivity index (χ0n) is 11.8. The summed E-state index contributed by atoms with van der Waals surface area (Å²) in [4.78, 5) is 16.7. The molecule has 2 heterocycles. The normalized spacial score (nSPS) is 10.9. The number of carbonyl (C=O) groups is 1. The van der Waals surface area contributed by atoms with Crippen LogP contribution in [0.3, 0.4) is 0 Å². The summed E-state index contributed by atoms with van der Waals surface area (Å²) >= 11 is 3.17. The van der Waals surface area contributed by atoms with E-state index in [2.05, 4.69) is 31.4 Å². The zero-order chi connectivity index (χ0) is 15.9. The lowest BCUT2D eigenvalue weighted by atomic mass is 10.1. The summed E-state index contributed by atoms with van der Waals surface area (Å²) in [5, 5.41) is 6.90. The SMILES string of the molecule is Cc1cc(C(=O)Nc2ccc(Br)cc2F)c2c(C)noc2n1. The molecule has 0 saturated carbocycles. The Labute approximate surface area is 133 Å². The number of nitrogens with zero attached hydrogens (tertiary/aromatic N) is 2. The maximum atomic E-state index is 13.9. The van der Waals surface area contributed by atoms with Crippen LogP contribution in [-0.2, 0) is 0 Å². The van der Waals surface area contributed by atoms with Gasteiger partial charge in [-0.05, 0) is 38.1 Å². The minimum Gasteiger partial charge on any atom is -0.336 e. The van der Waals surface area contributed by atoms with Crippen molar-refractivity contribution < 1.29 is 13.7 Å². The second kappa shape index (κ2) is 5.49. The molecule has 0 bridgehead atoms. The lowest BCUT2D eigenvalue weighted by Crippen LogP contribution is -2.14. The van der Waals surface area contributed by atoms with E-state index in [1.807, 2.05) is 0 Å². The molecule has 0 fully saturated rings. The molecule has 0 spiro atoms. The van der Waals surface area contributed by atoms with E-state index in [-0.39, 0.29) is 5.69 Å². The maximum absolute atomic E-state index is 13.9. The molecule has 1 aromatic carbocycles. The summed E-state index contributed by atoms with van der Waals surface area (Å²) in [6.07, 6.45) is 0. The molecule has 0 aliphatic rings. The van der Waals surface area contributed by atoms with Crippen LogP contribution in [0, 0.1) is 19.7 Å². The van der Waals surface area contributed by atoms with Crippen LogP contribution in [-0.4, -0.2) is 16.0 Å². The number of aromatic nitrogens is 2. The van der Waals surface area contributed by atoms with Crippen molar-refractivity contribution in [1.29, 1.82) is 0 Å². The number of amides is 1. The first-order valence-electron chi connectivity index (χ1n) is 6.45. The molecule has 1 amide bonds. The van der Waals surface area contributed by atoms with E-state index in [4.69, 9.17) is 4.52 Å². The highest BCUT2D eigenvalue weighted by atomic mass is 79.9.